The highest BCUT2D eigenvalue weighted by Gasteiger charge is 2.12. The lowest BCUT2D eigenvalue weighted by Crippen LogP contribution is -2.07. The second-order valence-electron chi connectivity index (χ2n) is 3.02. The minimum atomic E-state index is -0.403. The maximum atomic E-state index is 11.5. The van der Waals surface area contributed by atoms with Crippen LogP contribution < -0.4 is 0 Å². The van der Waals surface area contributed by atoms with Gasteiger partial charge in [0.25, 0.3) is 0 Å². The third-order valence-electron chi connectivity index (χ3n) is 1.96. The quantitative estimate of drug-likeness (QED) is 0.616. The number of esters is 1. The normalized spacial score (nSPS) is 9.47. The second-order valence-corrected chi connectivity index (χ2v) is 3.50. The standard InChI is InChI=1S/C11H11NO2S/c1-3-14-11(13)9-5-8(6-12)10(15)4-7(9)2/h4-5,15H,3H2,1-2H3. The van der Waals surface area contributed by atoms with Gasteiger partial charge < -0.3 is 4.74 Å². The Morgan fingerprint density at radius 2 is 2.27 bits per heavy atom. The zero-order chi connectivity index (χ0) is 11.4. The van der Waals surface area contributed by atoms with Crippen molar-refractivity contribution in [2.45, 2.75) is 18.7 Å². The fourth-order valence-corrected chi connectivity index (χ4v) is 1.52. The van der Waals surface area contributed by atoms with Crippen LogP contribution >= 0.6 is 12.6 Å². The van der Waals surface area contributed by atoms with E-state index in [1.807, 2.05) is 6.07 Å². The summed E-state index contributed by atoms with van der Waals surface area (Å²) in [5, 5.41) is 8.79. The summed E-state index contributed by atoms with van der Waals surface area (Å²) in [6.45, 7) is 3.85. The Hall–Kier alpha value is -1.47. The van der Waals surface area contributed by atoms with E-state index in [2.05, 4.69) is 12.6 Å². The Labute approximate surface area is 94.1 Å². The van der Waals surface area contributed by atoms with Crippen LogP contribution in [0.25, 0.3) is 0 Å². The van der Waals surface area contributed by atoms with E-state index in [9.17, 15) is 4.79 Å². The summed E-state index contributed by atoms with van der Waals surface area (Å²) in [4.78, 5) is 12.1. The molecule has 0 aliphatic rings. The van der Waals surface area contributed by atoms with Crippen LogP contribution in [0.4, 0.5) is 0 Å². The first kappa shape index (κ1) is 11.6. The van der Waals surface area contributed by atoms with Crippen LogP contribution in [0.2, 0.25) is 0 Å². The van der Waals surface area contributed by atoms with Gasteiger partial charge in [0, 0.05) is 4.90 Å². The van der Waals surface area contributed by atoms with Crippen molar-refractivity contribution in [3.8, 4) is 6.07 Å². The number of ether oxygens (including phenoxy) is 1. The lowest BCUT2D eigenvalue weighted by atomic mass is 10.1. The van der Waals surface area contributed by atoms with Crippen molar-refractivity contribution in [1.82, 2.24) is 0 Å². The highest BCUT2D eigenvalue weighted by Crippen LogP contribution is 2.19. The Kier molecular flexibility index (Phi) is 3.75. The molecule has 0 spiro atoms. The van der Waals surface area contributed by atoms with Crippen LogP contribution in [0.1, 0.15) is 28.4 Å². The maximum absolute atomic E-state index is 11.5. The molecule has 1 aromatic rings. The maximum Gasteiger partial charge on any atom is 0.338 e. The van der Waals surface area contributed by atoms with Gasteiger partial charge in [-0.15, -0.1) is 12.6 Å². The van der Waals surface area contributed by atoms with E-state index in [4.69, 9.17) is 10.00 Å². The molecule has 0 radical (unpaired) electrons. The number of hydrogen-bond acceptors (Lipinski definition) is 4. The predicted octanol–water partition coefficient (Wildman–Crippen LogP) is 2.33. The van der Waals surface area contributed by atoms with Crippen molar-refractivity contribution in [3.63, 3.8) is 0 Å². The third-order valence-corrected chi connectivity index (χ3v) is 2.33. The predicted molar refractivity (Wildman–Crippen MR) is 59.1 cm³/mol. The number of thiol groups is 1. The molecule has 0 unspecified atom stereocenters. The van der Waals surface area contributed by atoms with Crippen molar-refractivity contribution < 1.29 is 9.53 Å². The number of carbonyl (C=O) groups excluding carboxylic acids is 1. The molecule has 0 saturated heterocycles. The number of rotatable bonds is 2. The lowest BCUT2D eigenvalue weighted by molar-refractivity contribution is 0.0525. The first-order chi connectivity index (χ1) is 7.10. The smallest absolute Gasteiger partial charge is 0.338 e. The summed E-state index contributed by atoms with van der Waals surface area (Å²) in [7, 11) is 0. The molecule has 78 valence electrons. The summed E-state index contributed by atoms with van der Waals surface area (Å²) in [5.41, 5.74) is 1.57. The highest BCUT2D eigenvalue weighted by molar-refractivity contribution is 7.80. The molecule has 1 rings (SSSR count). The molecule has 15 heavy (non-hydrogen) atoms. The van der Waals surface area contributed by atoms with E-state index in [1.54, 1.807) is 19.9 Å². The van der Waals surface area contributed by atoms with E-state index >= 15 is 0 Å². The summed E-state index contributed by atoms with van der Waals surface area (Å²) in [6, 6.07) is 5.17. The number of aryl methyl sites for hydroxylation is 1. The summed E-state index contributed by atoms with van der Waals surface area (Å²) in [5.74, 6) is -0.403. The fourth-order valence-electron chi connectivity index (χ4n) is 1.21. The largest absolute Gasteiger partial charge is 0.462 e. The number of benzene rings is 1. The van der Waals surface area contributed by atoms with Gasteiger partial charge in [-0.2, -0.15) is 5.26 Å². The van der Waals surface area contributed by atoms with E-state index in [-0.39, 0.29) is 0 Å². The number of hydrogen-bond donors (Lipinski definition) is 1. The minimum absolute atomic E-state index is 0.322. The first-order valence-electron chi connectivity index (χ1n) is 4.51. The van der Waals surface area contributed by atoms with Gasteiger partial charge >= 0.3 is 5.97 Å². The average Bonchev–Trinajstić information content (AvgIpc) is 2.18. The molecule has 0 amide bonds. The van der Waals surface area contributed by atoms with Gasteiger partial charge in [0.1, 0.15) is 6.07 Å². The topological polar surface area (TPSA) is 50.1 Å². The molecule has 0 saturated carbocycles. The average molecular weight is 221 g/mol. The SMILES string of the molecule is CCOC(=O)c1cc(C#N)c(S)cc1C. The van der Waals surface area contributed by atoms with Crippen molar-refractivity contribution in [1.29, 1.82) is 5.26 Å². The molecule has 0 fully saturated rings. The van der Waals surface area contributed by atoms with Crippen LogP contribution in [0, 0.1) is 18.3 Å². The molecule has 0 N–H and O–H groups in total. The third kappa shape index (κ3) is 2.51. The van der Waals surface area contributed by atoms with Gasteiger partial charge in [0.2, 0.25) is 0 Å². The molecule has 3 nitrogen and oxygen atoms in total. The first-order valence-corrected chi connectivity index (χ1v) is 4.95. The second kappa shape index (κ2) is 4.85. The molecule has 0 aliphatic carbocycles. The number of carbonyl (C=O) groups is 1. The zero-order valence-electron chi connectivity index (χ0n) is 8.57. The Morgan fingerprint density at radius 3 is 2.80 bits per heavy atom. The molecule has 0 aliphatic heterocycles. The summed E-state index contributed by atoms with van der Waals surface area (Å²) < 4.78 is 4.87. The van der Waals surface area contributed by atoms with Crippen molar-refractivity contribution in [2.24, 2.45) is 0 Å². The minimum Gasteiger partial charge on any atom is -0.462 e. The molecular weight excluding hydrogens is 210 g/mol. The van der Waals surface area contributed by atoms with Crippen LogP contribution in [0.5, 0.6) is 0 Å². The number of nitriles is 1. The van der Waals surface area contributed by atoms with Gasteiger partial charge in [0.05, 0.1) is 17.7 Å². The summed E-state index contributed by atoms with van der Waals surface area (Å²) in [6.07, 6.45) is 0. The van der Waals surface area contributed by atoms with Gasteiger partial charge in [0.15, 0.2) is 0 Å². The van der Waals surface area contributed by atoms with Crippen LogP contribution in [-0.4, -0.2) is 12.6 Å². The summed E-state index contributed by atoms with van der Waals surface area (Å²) >= 11 is 4.14. The van der Waals surface area contributed by atoms with Crippen LogP contribution in [0.3, 0.4) is 0 Å². The van der Waals surface area contributed by atoms with E-state index in [0.717, 1.165) is 5.56 Å². The molecule has 0 atom stereocenters. The fraction of sp³-hybridized carbons (Fsp3) is 0.273. The van der Waals surface area contributed by atoms with Gasteiger partial charge in [-0.3, -0.25) is 0 Å². The molecular formula is C11H11NO2S. The van der Waals surface area contributed by atoms with E-state index < -0.39 is 5.97 Å². The van der Waals surface area contributed by atoms with Gasteiger partial charge in [-0.05, 0) is 31.5 Å². The van der Waals surface area contributed by atoms with Crippen LogP contribution in [0.15, 0.2) is 17.0 Å². The number of nitrogens with zero attached hydrogens (tertiary/aromatic N) is 1. The van der Waals surface area contributed by atoms with Crippen LogP contribution in [-0.2, 0) is 4.74 Å². The molecule has 0 heterocycles. The monoisotopic (exact) mass is 221 g/mol. The highest BCUT2D eigenvalue weighted by atomic mass is 32.1. The van der Waals surface area contributed by atoms with Crippen molar-refractivity contribution >= 4 is 18.6 Å². The van der Waals surface area contributed by atoms with Crippen molar-refractivity contribution in [3.05, 3.63) is 28.8 Å². The van der Waals surface area contributed by atoms with Gasteiger partial charge in [-0.1, -0.05) is 0 Å². The lowest BCUT2D eigenvalue weighted by Gasteiger charge is -2.07. The molecule has 0 bridgehead atoms. The molecule has 1 aromatic carbocycles. The van der Waals surface area contributed by atoms with E-state index in [1.165, 1.54) is 6.07 Å². The van der Waals surface area contributed by atoms with Gasteiger partial charge in [-0.25, -0.2) is 4.79 Å². The Morgan fingerprint density at radius 1 is 1.60 bits per heavy atom. The van der Waals surface area contributed by atoms with Crippen molar-refractivity contribution in [2.75, 3.05) is 6.61 Å². The van der Waals surface area contributed by atoms with E-state index in [0.29, 0.717) is 22.6 Å². The molecule has 4 heteroatoms. The Bertz CT molecular complexity index is 435. The zero-order valence-corrected chi connectivity index (χ0v) is 9.47. The molecule has 0 aromatic heterocycles. The Balaban J connectivity index is 3.20.